The summed E-state index contributed by atoms with van der Waals surface area (Å²) in [7, 11) is -1.39. The number of carbonyl (C=O) groups excluding carboxylic acids is 1. The SMILES string of the molecule is C[C@H]1CCCCO[C@H](CN(C)CC2CC2)[C@@H](C)CN([C@@H](C)CO)C(=O)c2cc(NS(C)(=O)=O)ccc2O1. The van der Waals surface area contributed by atoms with Crippen LogP contribution in [0.25, 0.3) is 0 Å². The molecule has 0 aromatic heterocycles. The molecular formula is C27H45N3O6S. The number of aliphatic hydroxyl groups excluding tert-OH is 1. The molecule has 0 unspecified atom stereocenters. The number of likely N-dealkylation sites (N-methyl/N-ethyl adjacent to an activating group) is 1. The van der Waals surface area contributed by atoms with Gasteiger partial charge in [-0.3, -0.25) is 9.52 Å². The largest absolute Gasteiger partial charge is 0.490 e. The number of amides is 1. The van der Waals surface area contributed by atoms with E-state index in [0.717, 1.165) is 44.5 Å². The molecule has 2 N–H and O–H groups in total. The number of hydrogen-bond acceptors (Lipinski definition) is 7. The second kappa shape index (κ2) is 13.3. The first kappa shape index (κ1) is 29.7. The Morgan fingerprint density at radius 1 is 1.19 bits per heavy atom. The van der Waals surface area contributed by atoms with Crippen molar-refractivity contribution in [3.63, 3.8) is 0 Å². The van der Waals surface area contributed by atoms with Crippen molar-refractivity contribution in [1.82, 2.24) is 9.80 Å². The van der Waals surface area contributed by atoms with Gasteiger partial charge in [-0.25, -0.2) is 8.42 Å². The molecule has 9 nitrogen and oxygen atoms in total. The predicted molar refractivity (Wildman–Crippen MR) is 146 cm³/mol. The predicted octanol–water partition coefficient (Wildman–Crippen LogP) is 3.20. The normalized spacial score (nSPS) is 25.2. The molecule has 2 aliphatic rings. The van der Waals surface area contributed by atoms with Crippen LogP contribution >= 0.6 is 0 Å². The summed E-state index contributed by atoms with van der Waals surface area (Å²) in [6.45, 7) is 8.56. The second-order valence-corrected chi connectivity index (χ2v) is 12.8. The fourth-order valence-electron chi connectivity index (χ4n) is 4.79. The lowest BCUT2D eigenvalue weighted by Gasteiger charge is -2.36. The van der Waals surface area contributed by atoms with Gasteiger partial charge >= 0.3 is 0 Å². The van der Waals surface area contributed by atoms with Crippen LogP contribution in [-0.4, -0.2) is 93.6 Å². The van der Waals surface area contributed by atoms with E-state index in [-0.39, 0.29) is 36.2 Å². The Morgan fingerprint density at radius 3 is 2.57 bits per heavy atom. The van der Waals surface area contributed by atoms with E-state index in [9.17, 15) is 18.3 Å². The van der Waals surface area contributed by atoms with Crippen LogP contribution < -0.4 is 9.46 Å². The Morgan fingerprint density at radius 2 is 1.92 bits per heavy atom. The minimum absolute atomic E-state index is 0.0168. The van der Waals surface area contributed by atoms with Crippen LogP contribution in [0.5, 0.6) is 5.75 Å². The topological polar surface area (TPSA) is 108 Å². The molecule has 0 radical (unpaired) electrons. The van der Waals surface area contributed by atoms with Gasteiger partial charge in [-0.2, -0.15) is 0 Å². The van der Waals surface area contributed by atoms with Gasteiger partial charge in [0.05, 0.1) is 36.7 Å². The molecule has 1 heterocycles. The molecule has 3 rings (SSSR count). The highest BCUT2D eigenvalue weighted by Gasteiger charge is 2.31. The van der Waals surface area contributed by atoms with Crippen molar-refractivity contribution in [2.75, 3.05) is 50.9 Å². The number of hydrogen-bond donors (Lipinski definition) is 2. The molecule has 1 aromatic carbocycles. The van der Waals surface area contributed by atoms with Gasteiger partial charge in [0.2, 0.25) is 10.0 Å². The summed E-state index contributed by atoms with van der Waals surface area (Å²) in [6.07, 6.45) is 6.12. The lowest BCUT2D eigenvalue weighted by Crippen LogP contribution is -2.47. The molecule has 1 fully saturated rings. The summed E-state index contributed by atoms with van der Waals surface area (Å²) in [5.41, 5.74) is 0.563. The van der Waals surface area contributed by atoms with Crippen molar-refractivity contribution in [2.24, 2.45) is 11.8 Å². The van der Waals surface area contributed by atoms with Gasteiger partial charge in [0.1, 0.15) is 5.75 Å². The first-order valence-corrected chi connectivity index (χ1v) is 15.4. The quantitative estimate of drug-likeness (QED) is 0.522. The monoisotopic (exact) mass is 539 g/mol. The average Bonchev–Trinajstić information content (AvgIpc) is 3.63. The molecule has 37 heavy (non-hydrogen) atoms. The summed E-state index contributed by atoms with van der Waals surface area (Å²) < 4.78 is 38.7. The molecule has 0 bridgehead atoms. The lowest BCUT2D eigenvalue weighted by atomic mass is 10.0. The van der Waals surface area contributed by atoms with Crippen molar-refractivity contribution in [1.29, 1.82) is 0 Å². The maximum Gasteiger partial charge on any atom is 0.258 e. The van der Waals surface area contributed by atoms with Crippen LogP contribution in [0, 0.1) is 11.8 Å². The molecule has 1 aromatic rings. The van der Waals surface area contributed by atoms with Gasteiger partial charge in [-0.15, -0.1) is 0 Å². The zero-order valence-electron chi connectivity index (χ0n) is 23.0. The van der Waals surface area contributed by atoms with Crippen LogP contribution in [0.2, 0.25) is 0 Å². The molecule has 1 amide bonds. The fraction of sp³-hybridized carbons (Fsp3) is 0.741. The molecule has 1 aliphatic heterocycles. The number of anilines is 1. The molecule has 10 heteroatoms. The summed E-state index contributed by atoms with van der Waals surface area (Å²) in [4.78, 5) is 18.0. The minimum atomic E-state index is -3.52. The molecule has 0 saturated heterocycles. The highest BCUT2D eigenvalue weighted by Crippen LogP contribution is 2.30. The van der Waals surface area contributed by atoms with E-state index in [2.05, 4.69) is 23.6 Å². The first-order valence-electron chi connectivity index (χ1n) is 13.5. The highest BCUT2D eigenvalue weighted by molar-refractivity contribution is 7.92. The van der Waals surface area contributed by atoms with E-state index in [0.29, 0.717) is 24.6 Å². The summed E-state index contributed by atoms with van der Waals surface area (Å²) in [5.74, 6) is 0.894. The highest BCUT2D eigenvalue weighted by atomic mass is 32.2. The number of nitrogens with zero attached hydrogens (tertiary/aromatic N) is 2. The smallest absolute Gasteiger partial charge is 0.258 e. The zero-order chi connectivity index (χ0) is 27.2. The van der Waals surface area contributed by atoms with Gasteiger partial charge in [-0.05, 0) is 77.1 Å². The van der Waals surface area contributed by atoms with Crippen molar-refractivity contribution in [3.05, 3.63) is 23.8 Å². The van der Waals surface area contributed by atoms with Gasteiger partial charge in [0, 0.05) is 37.8 Å². The number of rotatable bonds is 8. The Kier molecular flexibility index (Phi) is 10.6. The van der Waals surface area contributed by atoms with Crippen LogP contribution in [0.3, 0.4) is 0 Å². The van der Waals surface area contributed by atoms with E-state index < -0.39 is 16.1 Å². The van der Waals surface area contributed by atoms with Gasteiger partial charge < -0.3 is 24.4 Å². The van der Waals surface area contributed by atoms with Crippen molar-refractivity contribution >= 4 is 21.6 Å². The van der Waals surface area contributed by atoms with E-state index >= 15 is 0 Å². The van der Waals surface area contributed by atoms with E-state index in [1.165, 1.54) is 18.9 Å². The number of nitrogens with one attached hydrogen (secondary N) is 1. The maximum absolute atomic E-state index is 14.0. The van der Waals surface area contributed by atoms with Gasteiger partial charge in [0.15, 0.2) is 0 Å². The van der Waals surface area contributed by atoms with E-state index in [4.69, 9.17) is 9.47 Å². The Balaban J connectivity index is 1.93. The lowest BCUT2D eigenvalue weighted by molar-refractivity contribution is -0.0172. The van der Waals surface area contributed by atoms with Crippen molar-refractivity contribution in [3.8, 4) is 5.75 Å². The second-order valence-electron chi connectivity index (χ2n) is 11.0. The molecule has 0 spiro atoms. The standard InChI is InChI=1S/C27H45N3O6S/c1-19-15-30(20(2)18-31)27(32)24-14-23(28-37(5,33)34)11-12-25(24)36-21(3)8-6-7-13-35-26(19)17-29(4)16-22-9-10-22/h11-12,14,19-22,26,28,31H,6-10,13,15-18H2,1-5H3/t19-,20-,21-,26+/m0/s1. The van der Waals surface area contributed by atoms with E-state index in [1.54, 1.807) is 17.0 Å². The summed E-state index contributed by atoms with van der Waals surface area (Å²) in [6, 6.07) is 4.33. The summed E-state index contributed by atoms with van der Waals surface area (Å²) in [5, 5.41) is 10.0. The van der Waals surface area contributed by atoms with E-state index in [1.807, 2.05) is 13.8 Å². The fourth-order valence-corrected chi connectivity index (χ4v) is 5.34. The minimum Gasteiger partial charge on any atom is -0.490 e. The van der Waals surface area contributed by atoms with Crippen LogP contribution in [0.15, 0.2) is 18.2 Å². The third-order valence-corrected chi connectivity index (χ3v) is 7.72. The molecule has 4 atom stereocenters. The number of sulfonamides is 1. The summed E-state index contributed by atoms with van der Waals surface area (Å²) >= 11 is 0. The number of carbonyl (C=O) groups is 1. The third-order valence-electron chi connectivity index (χ3n) is 7.11. The van der Waals surface area contributed by atoms with Gasteiger partial charge in [-0.1, -0.05) is 6.92 Å². The zero-order valence-corrected chi connectivity index (χ0v) is 23.8. The number of fused-ring (bicyclic) bond motifs is 1. The molecule has 1 aliphatic carbocycles. The van der Waals surface area contributed by atoms with Crippen LogP contribution in [-0.2, 0) is 14.8 Å². The van der Waals surface area contributed by atoms with Crippen LogP contribution in [0.1, 0.15) is 63.2 Å². The first-order chi connectivity index (χ1) is 17.5. The molecule has 1 saturated carbocycles. The van der Waals surface area contributed by atoms with Crippen molar-refractivity contribution in [2.45, 2.75) is 71.1 Å². The maximum atomic E-state index is 14.0. The van der Waals surface area contributed by atoms with Gasteiger partial charge in [0.25, 0.3) is 5.91 Å². The van der Waals surface area contributed by atoms with Crippen LogP contribution in [0.4, 0.5) is 5.69 Å². The van der Waals surface area contributed by atoms with Crippen molar-refractivity contribution < 1.29 is 27.8 Å². The average molecular weight is 540 g/mol. The Bertz CT molecular complexity index is 1000. The number of aliphatic hydroxyl groups is 1. The number of benzene rings is 1. The number of ether oxygens (including phenoxy) is 2. The Labute approximate surface area is 222 Å². The molecule has 210 valence electrons. The molecular weight excluding hydrogens is 494 g/mol. The third kappa shape index (κ3) is 9.42. The Hall–Kier alpha value is -1.88.